The molecule has 0 bridgehead atoms. The van der Waals surface area contributed by atoms with E-state index >= 15 is 0 Å². The Morgan fingerprint density at radius 3 is 2.68 bits per heavy atom. The van der Waals surface area contributed by atoms with Crippen LogP contribution in [0.25, 0.3) is 0 Å². The van der Waals surface area contributed by atoms with Gasteiger partial charge in [-0.25, -0.2) is 4.98 Å². The molecule has 2 aromatic rings. The van der Waals surface area contributed by atoms with Gasteiger partial charge in [0.2, 0.25) is 5.91 Å². The van der Waals surface area contributed by atoms with E-state index in [-0.39, 0.29) is 5.91 Å². The van der Waals surface area contributed by atoms with E-state index in [1.165, 1.54) is 0 Å². The highest BCUT2D eigenvalue weighted by Crippen LogP contribution is 2.25. The summed E-state index contributed by atoms with van der Waals surface area (Å²) in [5.41, 5.74) is 1.79. The number of pyridine rings is 1. The molecular weight excluding hydrogens is 338 g/mol. The molecule has 0 unspecified atom stereocenters. The summed E-state index contributed by atoms with van der Waals surface area (Å²) in [6, 6.07) is 9.24. The number of carbonyl (C=O) groups excluding carboxylic acids is 1. The van der Waals surface area contributed by atoms with E-state index in [1.54, 1.807) is 24.2 Å². The lowest BCUT2D eigenvalue weighted by molar-refractivity contribution is -0.118. The summed E-state index contributed by atoms with van der Waals surface area (Å²) in [7, 11) is 5.59. The Labute approximate surface area is 154 Å². The topological polar surface area (TPSA) is 45.7 Å². The van der Waals surface area contributed by atoms with Crippen LogP contribution in [0.1, 0.15) is 18.4 Å². The van der Waals surface area contributed by atoms with Crippen molar-refractivity contribution in [2.24, 2.45) is 0 Å². The Morgan fingerprint density at radius 1 is 1.24 bits per heavy atom. The monoisotopic (exact) mass is 361 g/mol. The molecule has 0 spiro atoms. The zero-order chi connectivity index (χ0) is 18.4. The standard InChI is InChI=1S/C19H24ClN3O2/c1-14-13-15(20)9-10-17(14)25-12-6-8-18(24)23(4)16-7-5-11-21-19(16)22(2)3/h5,7,9-11,13H,6,8,12H2,1-4H3. The van der Waals surface area contributed by atoms with Gasteiger partial charge in [-0.15, -0.1) is 0 Å². The smallest absolute Gasteiger partial charge is 0.226 e. The molecule has 1 heterocycles. The van der Waals surface area contributed by atoms with Gasteiger partial charge in [-0.2, -0.15) is 0 Å². The number of amides is 1. The minimum absolute atomic E-state index is 0.0347. The summed E-state index contributed by atoms with van der Waals surface area (Å²) in [4.78, 5) is 20.3. The number of anilines is 2. The average molecular weight is 362 g/mol. The first-order valence-electron chi connectivity index (χ1n) is 8.18. The molecule has 5 nitrogen and oxygen atoms in total. The van der Waals surface area contributed by atoms with Gasteiger partial charge in [0.1, 0.15) is 5.75 Å². The maximum absolute atomic E-state index is 12.4. The minimum Gasteiger partial charge on any atom is -0.493 e. The van der Waals surface area contributed by atoms with E-state index in [4.69, 9.17) is 16.3 Å². The number of hydrogen-bond acceptors (Lipinski definition) is 4. The molecular formula is C19H24ClN3O2. The molecule has 0 aliphatic carbocycles. The van der Waals surface area contributed by atoms with E-state index in [0.717, 1.165) is 22.8 Å². The molecule has 0 saturated carbocycles. The van der Waals surface area contributed by atoms with Crippen molar-refractivity contribution in [3.63, 3.8) is 0 Å². The second kappa shape index (κ2) is 8.72. The Bertz CT molecular complexity index is 734. The van der Waals surface area contributed by atoms with Crippen molar-refractivity contribution in [1.29, 1.82) is 0 Å². The first kappa shape index (κ1) is 19.1. The summed E-state index contributed by atoms with van der Waals surface area (Å²) in [6.07, 6.45) is 2.77. The molecule has 1 aromatic heterocycles. The van der Waals surface area contributed by atoms with Crippen molar-refractivity contribution in [1.82, 2.24) is 4.98 Å². The third kappa shape index (κ3) is 5.10. The third-order valence-electron chi connectivity index (χ3n) is 3.85. The van der Waals surface area contributed by atoms with Gasteiger partial charge in [0.25, 0.3) is 0 Å². The first-order valence-corrected chi connectivity index (χ1v) is 8.56. The Morgan fingerprint density at radius 2 is 2.00 bits per heavy atom. The lowest BCUT2D eigenvalue weighted by atomic mass is 10.2. The van der Waals surface area contributed by atoms with Crippen molar-refractivity contribution in [2.45, 2.75) is 19.8 Å². The van der Waals surface area contributed by atoms with E-state index in [0.29, 0.717) is 24.5 Å². The molecule has 0 saturated heterocycles. The van der Waals surface area contributed by atoms with Crippen LogP contribution in [-0.2, 0) is 4.79 Å². The second-order valence-corrected chi connectivity index (χ2v) is 6.49. The molecule has 1 amide bonds. The fourth-order valence-electron chi connectivity index (χ4n) is 2.48. The molecule has 0 radical (unpaired) electrons. The van der Waals surface area contributed by atoms with Gasteiger partial charge in [-0.1, -0.05) is 11.6 Å². The number of benzene rings is 1. The maximum atomic E-state index is 12.4. The predicted molar refractivity (Wildman–Crippen MR) is 103 cm³/mol. The summed E-state index contributed by atoms with van der Waals surface area (Å²) in [5, 5.41) is 0.690. The molecule has 0 fully saturated rings. The molecule has 0 aliphatic heterocycles. The number of halogens is 1. The van der Waals surface area contributed by atoms with Crippen LogP contribution in [0.3, 0.4) is 0 Å². The summed E-state index contributed by atoms with van der Waals surface area (Å²) in [5.74, 6) is 1.60. The second-order valence-electron chi connectivity index (χ2n) is 6.06. The van der Waals surface area contributed by atoms with E-state index < -0.39 is 0 Å². The fraction of sp³-hybridized carbons (Fsp3) is 0.368. The average Bonchev–Trinajstić information content (AvgIpc) is 2.59. The van der Waals surface area contributed by atoms with Gasteiger partial charge in [0.05, 0.1) is 12.3 Å². The van der Waals surface area contributed by atoms with Gasteiger partial charge < -0.3 is 14.5 Å². The fourth-order valence-corrected chi connectivity index (χ4v) is 2.70. The van der Waals surface area contributed by atoms with Crippen molar-refractivity contribution in [2.75, 3.05) is 37.5 Å². The normalized spacial score (nSPS) is 10.4. The van der Waals surface area contributed by atoms with Gasteiger partial charge in [-0.05, 0) is 49.2 Å². The van der Waals surface area contributed by atoms with Crippen molar-refractivity contribution < 1.29 is 9.53 Å². The Hall–Kier alpha value is -2.27. The zero-order valence-corrected chi connectivity index (χ0v) is 15.9. The van der Waals surface area contributed by atoms with Crippen molar-refractivity contribution in [3.8, 4) is 5.75 Å². The lowest BCUT2D eigenvalue weighted by Crippen LogP contribution is -2.28. The van der Waals surface area contributed by atoms with Crippen LogP contribution < -0.4 is 14.5 Å². The molecule has 134 valence electrons. The minimum atomic E-state index is 0.0347. The van der Waals surface area contributed by atoms with Crippen LogP contribution in [0.4, 0.5) is 11.5 Å². The molecule has 0 N–H and O–H groups in total. The van der Waals surface area contributed by atoms with Crippen LogP contribution in [0.5, 0.6) is 5.75 Å². The number of ether oxygens (including phenoxy) is 1. The lowest BCUT2D eigenvalue weighted by Gasteiger charge is -2.23. The highest BCUT2D eigenvalue weighted by molar-refractivity contribution is 6.30. The number of nitrogens with zero attached hydrogens (tertiary/aromatic N) is 3. The van der Waals surface area contributed by atoms with Crippen LogP contribution in [-0.4, -0.2) is 38.6 Å². The zero-order valence-electron chi connectivity index (χ0n) is 15.1. The molecule has 6 heteroatoms. The van der Waals surface area contributed by atoms with Gasteiger partial charge in [-0.3, -0.25) is 4.79 Å². The molecule has 0 atom stereocenters. The number of hydrogen-bond donors (Lipinski definition) is 0. The predicted octanol–water partition coefficient (Wildman–Crippen LogP) is 3.93. The molecule has 1 aromatic carbocycles. The molecule has 2 rings (SSSR count). The van der Waals surface area contributed by atoms with Crippen molar-refractivity contribution in [3.05, 3.63) is 47.1 Å². The van der Waals surface area contributed by atoms with Crippen LogP contribution in [0, 0.1) is 6.92 Å². The summed E-state index contributed by atoms with van der Waals surface area (Å²) >= 11 is 5.93. The number of aryl methyl sites for hydroxylation is 1. The van der Waals surface area contributed by atoms with Gasteiger partial charge in [0, 0.05) is 38.8 Å². The highest BCUT2D eigenvalue weighted by atomic mass is 35.5. The highest BCUT2D eigenvalue weighted by Gasteiger charge is 2.16. The van der Waals surface area contributed by atoms with Crippen LogP contribution in [0.2, 0.25) is 5.02 Å². The number of carbonyl (C=O) groups is 1. The van der Waals surface area contributed by atoms with E-state index in [9.17, 15) is 4.79 Å². The van der Waals surface area contributed by atoms with Gasteiger partial charge >= 0.3 is 0 Å². The van der Waals surface area contributed by atoms with E-state index in [2.05, 4.69) is 4.98 Å². The first-order chi connectivity index (χ1) is 11.9. The van der Waals surface area contributed by atoms with Crippen LogP contribution in [0.15, 0.2) is 36.5 Å². The summed E-state index contributed by atoms with van der Waals surface area (Å²) < 4.78 is 5.74. The number of aromatic nitrogens is 1. The quantitative estimate of drug-likeness (QED) is 0.701. The Kier molecular flexibility index (Phi) is 6.65. The SMILES string of the molecule is Cc1cc(Cl)ccc1OCCCC(=O)N(C)c1cccnc1N(C)C. The summed E-state index contributed by atoms with van der Waals surface area (Å²) in [6.45, 7) is 2.43. The van der Waals surface area contributed by atoms with E-state index in [1.807, 2.05) is 50.2 Å². The van der Waals surface area contributed by atoms with Gasteiger partial charge in [0.15, 0.2) is 5.82 Å². The third-order valence-corrected chi connectivity index (χ3v) is 4.09. The molecule has 0 aliphatic rings. The van der Waals surface area contributed by atoms with Crippen LogP contribution >= 0.6 is 11.6 Å². The largest absolute Gasteiger partial charge is 0.493 e. The Balaban J connectivity index is 1.88. The molecule has 25 heavy (non-hydrogen) atoms. The van der Waals surface area contributed by atoms with Crippen molar-refractivity contribution >= 4 is 29.0 Å². The maximum Gasteiger partial charge on any atom is 0.226 e. The number of rotatable bonds is 7.